The molecule has 0 aromatic heterocycles. The Hall–Kier alpha value is 0.499. The van der Waals surface area contributed by atoms with Crippen molar-refractivity contribution >= 4 is 18.4 Å². The molecule has 2 heteroatoms. The molecule has 0 saturated heterocycles. The number of hydrogen-bond acceptors (Lipinski definition) is 1. The minimum absolute atomic E-state index is 0.0647. The zero-order valence-corrected chi connectivity index (χ0v) is 16.9. The van der Waals surface area contributed by atoms with E-state index in [0.717, 1.165) is 6.42 Å². The van der Waals surface area contributed by atoms with Crippen LogP contribution in [-0.4, -0.2) is 29.6 Å². The van der Waals surface area contributed by atoms with Gasteiger partial charge in [0.1, 0.15) is 0 Å². The van der Waals surface area contributed by atoms with Gasteiger partial charge in [-0.15, -0.1) is 0 Å². The first-order chi connectivity index (χ1) is 9.70. The Morgan fingerprint density at radius 3 is 1.90 bits per heavy atom. The van der Waals surface area contributed by atoms with Crippen LogP contribution in [0.2, 0.25) is 13.3 Å². The van der Waals surface area contributed by atoms with Gasteiger partial charge in [-0.05, 0) is 0 Å². The number of aliphatic hydroxyl groups excluding tert-OH is 1. The fourth-order valence-electron chi connectivity index (χ4n) is 3.78. The molecule has 1 atom stereocenters. The molecule has 0 saturated carbocycles. The van der Waals surface area contributed by atoms with Gasteiger partial charge in [0.2, 0.25) is 0 Å². The predicted octanol–water partition coefficient (Wildman–Crippen LogP) is 5.85. The van der Waals surface area contributed by atoms with Crippen molar-refractivity contribution in [2.75, 3.05) is 0 Å². The van der Waals surface area contributed by atoms with Gasteiger partial charge in [0, 0.05) is 0 Å². The van der Waals surface area contributed by atoms with Gasteiger partial charge in [-0.1, -0.05) is 0 Å². The summed E-state index contributed by atoms with van der Waals surface area (Å²) >= 11 is -2.29. The number of allylic oxidation sites excluding steroid dienone is 1. The molecule has 0 aromatic rings. The zero-order chi connectivity index (χ0) is 14.8. The molecule has 1 unspecified atom stereocenters. The molecule has 0 heterocycles. The van der Waals surface area contributed by atoms with Crippen LogP contribution in [0.1, 0.15) is 78.6 Å². The normalized spacial score (nSPS) is 20.0. The van der Waals surface area contributed by atoms with E-state index in [0.29, 0.717) is 0 Å². The second-order valence-electron chi connectivity index (χ2n) is 6.70. The van der Waals surface area contributed by atoms with Crippen molar-refractivity contribution in [3.63, 3.8) is 0 Å². The van der Waals surface area contributed by atoms with Crippen LogP contribution in [-0.2, 0) is 0 Å². The first-order valence-electron chi connectivity index (χ1n) is 9.08. The van der Waals surface area contributed by atoms with Crippen LogP contribution in [0.5, 0.6) is 0 Å². The SMILES string of the molecule is CCC[CH2][Sn]([CH2]CCC)([CH2]CCC)[C]1=CCCCC1O. The molecule has 1 N–H and O–H groups in total. The summed E-state index contributed by atoms with van der Waals surface area (Å²) in [7, 11) is 0. The van der Waals surface area contributed by atoms with Crippen LogP contribution in [0.4, 0.5) is 0 Å². The van der Waals surface area contributed by atoms with Crippen molar-refractivity contribution in [2.45, 2.75) is 98.0 Å². The molecule has 20 heavy (non-hydrogen) atoms. The molecular weight excluding hydrogens is 351 g/mol. The Morgan fingerprint density at radius 2 is 1.50 bits per heavy atom. The molecule has 0 radical (unpaired) electrons. The van der Waals surface area contributed by atoms with Crippen LogP contribution in [0.25, 0.3) is 0 Å². The number of hydrogen-bond donors (Lipinski definition) is 1. The van der Waals surface area contributed by atoms with E-state index in [1.807, 2.05) is 0 Å². The van der Waals surface area contributed by atoms with Crippen LogP contribution >= 0.6 is 0 Å². The molecule has 1 aliphatic carbocycles. The fraction of sp³-hybridized carbons (Fsp3) is 0.889. The van der Waals surface area contributed by atoms with Gasteiger partial charge in [0.15, 0.2) is 0 Å². The quantitative estimate of drug-likeness (QED) is 0.467. The summed E-state index contributed by atoms with van der Waals surface area (Å²) in [5, 5.41) is 10.6. The average Bonchev–Trinajstić information content (AvgIpc) is 2.48. The molecule has 0 bridgehead atoms. The van der Waals surface area contributed by atoms with Gasteiger partial charge >= 0.3 is 131 Å². The van der Waals surface area contributed by atoms with Gasteiger partial charge in [-0.25, -0.2) is 0 Å². The molecule has 0 aliphatic heterocycles. The van der Waals surface area contributed by atoms with E-state index in [9.17, 15) is 5.11 Å². The predicted molar refractivity (Wildman–Crippen MR) is 92.8 cm³/mol. The first kappa shape index (κ1) is 18.5. The maximum atomic E-state index is 10.6. The van der Waals surface area contributed by atoms with Crippen molar-refractivity contribution in [3.8, 4) is 0 Å². The molecule has 0 aromatic carbocycles. The van der Waals surface area contributed by atoms with Crippen molar-refractivity contribution in [3.05, 3.63) is 9.67 Å². The van der Waals surface area contributed by atoms with Crippen LogP contribution in [0.15, 0.2) is 9.67 Å². The summed E-state index contributed by atoms with van der Waals surface area (Å²) in [5.74, 6) is 0. The molecule has 0 spiro atoms. The Morgan fingerprint density at radius 1 is 1.00 bits per heavy atom. The van der Waals surface area contributed by atoms with Gasteiger partial charge in [0.25, 0.3) is 0 Å². The van der Waals surface area contributed by atoms with E-state index in [1.54, 1.807) is 3.59 Å². The van der Waals surface area contributed by atoms with Crippen LogP contribution < -0.4 is 0 Å². The third-order valence-corrected chi connectivity index (χ3v) is 21.3. The van der Waals surface area contributed by atoms with Crippen molar-refractivity contribution in [1.29, 1.82) is 0 Å². The van der Waals surface area contributed by atoms with Gasteiger partial charge < -0.3 is 0 Å². The fourth-order valence-corrected chi connectivity index (χ4v) is 21.3. The average molecular weight is 387 g/mol. The molecule has 0 amide bonds. The van der Waals surface area contributed by atoms with E-state index >= 15 is 0 Å². The minimum atomic E-state index is -2.29. The second kappa shape index (κ2) is 10.3. The Labute approximate surface area is 131 Å². The standard InChI is InChI=1S/C6H9O.3C4H9.Sn/c7-6-4-2-1-3-5-6;3*1-3-4-2;/h2,6-7H,1,3,5H2;3*1,3-4H2,2H3;. The Bertz CT molecular complexity index is 263. The third kappa shape index (κ3) is 5.36. The summed E-state index contributed by atoms with van der Waals surface area (Å²) in [6, 6.07) is 0. The summed E-state index contributed by atoms with van der Waals surface area (Å²) in [6.07, 6.45) is 14.0. The molecule has 0 fully saturated rings. The van der Waals surface area contributed by atoms with Crippen LogP contribution in [0, 0.1) is 0 Å². The van der Waals surface area contributed by atoms with Gasteiger partial charge in [0.05, 0.1) is 0 Å². The molecule has 118 valence electrons. The maximum absolute atomic E-state index is 10.6. The van der Waals surface area contributed by atoms with Crippen molar-refractivity contribution in [2.24, 2.45) is 0 Å². The van der Waals surface area contributed by atoms with E-state index in [2.05, 4.69) is 26.8 Å². The molecular formula is C18H36OSn. The number of rotatable bonds is 10. The summed E-state index contributed by atoms with van der Waals surface area (Å²) in [4.78, 5) is 0. The van der Waals surface area contributed by atoms with E-state index in [1.165, 1.54) is 64.7 Å². The van der Waals surface area contributed by atoms with E-state index in [-0.39, 0.29) is 6.10 Å². The van der Waals surface area contributed by atoms with Gasteiger partial charge in [-0.2, -0.15) is 0 Å². The first-order valence-corrected chi connectivity index (χ1v) is 16.6. The topological polar surface area (TPSA) is 20.2 Å². The van der Waals surface area contributed by atoms with E-state index < -0.39 is 18.4 Å². The summed E-state index contributed by atoms with van der Waals surface area (Å²) in [6.45, 7) is 6.96. The zero-order valence-electron chi connectivity index (χ0n) is 14.1. The monoisotopic (exact) mass is 388 g/mol. The van der Waals surface area contributed by atoms with Crippen molar-refractivity contribution < 1.29 is 5.11 Å². The Kier molecular flexibility index (Phi) is 9.52. The molecule has 1 rings (SSSR count). The van der Waals surface area contributed by atoms with Crippen molar-refractivity contribution in [1.82, 2.24) is 0 Å². The number of aliphatic hydroxyl groups is 1. The van der Waals surface area contributed by atoms with Gasteiger partial charge in [-0.3, -0.25) is 0 Å². The molecule has 1 aliphatic rings. The number of unbranched alkanes of at least 4 members (excludes halogenated alkanes) is 3. The summed E-state index contributed by atoms with van der Waals surface area (Å²) in [5.41, 5.74) is 0. The third-order valence-electron chi connectivity index (χ3n) is 5.04. The second-order valence-corrected chi connectivity index (χ2v) is 19.9. The summed E-state index contributed by atoms with van der Waals surface area (Å²) < 4.78 is 6.11. The van der Waals surface area contributed by atoms with Crippen LogP contribution in [0.3, 0.4) is 0 Å². The van der Waals surface area contributed by atoms with E-state index in [4.69, 9.17) is 0 Å². The molecule has 1 nitrogen and oxygen atoms in total. The Balaban J connectivity index is 2.94.